The van der Waals surface area contributed by atoms with Crippen molar-refractivity contribution in [3.8, 4) is 11.3 Å². The van der Waals surface area contributed by atoms with Crippen LogP contribution >= 0.6 is 0 Å². The van der Waals surface area contributed by atoms with E-state index >= 15 is 0 Å². The lowest BCUT2D eigenvalue weighted by molar-refractivity contribution is 0.0997. The fourth-order valence-electron chi connectivity index (χ4n) is 2.83. The molecule has 1 heterocycles. The first-order valence-corrected chi connectivity index (χ1v) is 9.06. The summed E-state index contributed by atoms with van der Waals surface area (Å²) >= 11 is 0. The second-order valence-corrected chi connectivity index (χ2v) is 6.85. The lowest BCUT2D eigenvalue weighted by Crippen LogP contribution is -2.10. The zero-order valence-electron chi connectivity index (χ0n) is 15.8. The number of carbonyl (C=O) groups is 1. The molecule has 0 bridgehead atoms. The second kappa shape index (κ2) is 7.61. The Balaban J connectivity index is 1.72. The van der Waals surface area contributed by atoms with Gasteiger partial charge in [-0.15, -0.1) is 0 Å². The summed E-state index contributed by atoms with van der Waals surface area (Å²) in [5.41, 5.74) is 5.46. The lowest BCUT2D eigenvalue weighted by atomic mass is 9.99. The topological polar surface area (TPSA) is 42.2 Å². The van der Waals surface area contributed by atoms with Crippen molar-refractivity contribution in [2.24, 2.45) is 0 Å². The Morgan fingerprint density at radius 1 is 1.00 bits per heavy atom. The Hall–Kier alpha value is -2.81. The lowest BCUT2D eigenvalue weighted by Gasteiger charge is -2.10. The zero-order valence-corrected chi connectivity index (χ0v) is 15.8. The first kappa shape index (κ1) is 18.0. The van der Waals surface area contributed by atoms with Gasteiger partial charge in [-0.05, 0) is 73.2 Å². The molecule has 1 amide bonds. The van der Waals surface area contributed by atoms with Crippen LogP contribution in [0.5, 0.6) is 0 Å². The predicted octanol–water partition coefficient (Wildman–Crippen LogP) is 6.33. The highest BCUT2D eigenvalue weighted by molar-refractivity contribution is 6.02. The van der Waals surface area contributed by atoms with Gasteiger partial charge in [0.05, 0.1) is 0 Å². The summed E-state index contributed by atoms with van der Waals surface area (Å²) in [6.07, 6.45) is 1.10. The van der Waals surface area contributed by atoms with E-state index in [1.807, 2.05) is 24.3 Å². The van der Waals surface area contributed by atoms with Gasteiger partial charge in [-0.2, -0.15) is 0 Å². The number of hydrogen-bond acceptors (Lipinski definition) is 2. The second-order valence-electron chi connectivity index (χ2n) is 6.85. The molecule has 0 saturated heterocycles. The van der Waals surface area contributed by atoms with Gasteiger partial charge in [-0.3, -0.25) is 4.79 Å². The molecule has 2 aromatic carbocycles. The van der Waals surface area contributed by atoms with E-state index in [0.717, 1.165) is 17.7 Å². The van der Waals surface area contributed by atoms with Crippen LogP contribution in [0, 0.1) is 13.8 Å². The van der Waals surface area contributed by atoms with Gasteiger partial charge < -0.3 is 9.73 Å². The Labute approximate surface area is 155 Å². The maximum Gasteiger partial charge on any atom is 0.291 e. The number of aryl methyl sites for hydroxylation is 2. The molecule has 0 aliphatic heterocycles. The standard InChI is InChI=1S/C23H25NO2/c1-5-15(2)18-8-10-20(11-9-18)24-23(25)22-13-12-21(26-22)19-7-6-16(3)17(4)14-19/h6-15H,5H2,1-4H3,(H,24,25)/t15-/m1/s1. The van der Waals surface area contributed by atoms with E-state index in [1.54, 1.807) is 6.07 Å². The average molecular weight is 347 g/mol. The van der Waals surface area contributed by atoms with Crippen LogP contribution in [0.3, 0.4) is 0 Å². The van der Waals surface area contributed by atoms with Crippen LogP contribution in [0.1, 0.15) is 53.4 Å². The van der Waals surface area contributed by atoms with E-state index in [9.17, 15) is 4.79 Å². The van der Waals surface area contributed by atoms with Gasteiger partial charge in [-0.25, -0.2) is 0 Å². The molecule has 0 aliphatic carbocycles. The van der Waals surface area contributed by atoms with Crippen molar-refractivity contribution in [2.45, 2.75) is 40.0 Å². The monoisotopic (exact) mass is 347 g/mol. The fourth-order valence-corrected chi connectivity index (χ4v) is 2.83. The molecule has 0 unspecified atom stereocenters. The molecular formula is C23H25NO2. The minimum Gasteiger partial charge on any atom is -0.451 e. The normalized spacial score (nSPS) is 12.0. The van der Waals surface area contributed by atoms with Crippen LogP contribution in [0.25, 0.3) is 11.3 Å². The van der Waals surface area contributed by atoms with Gasteiger partial charge in [-0.1, -0.05) is 38.1 Å². The van der Waals surface area contributed by atoms with E-state index in [-0.39, 0.29) is 5.91 Å². The number of anilines is 1. The van der Waals surface area contributed by atoms with Gasteiger partial charge in [0.2, 0.25) is 0 Å². The van der Waals surface area contributed by atoms with Crippen molar-refractivity contribution < 1.29 is 9.21 Å². The molecule has 26 heavy (non-hydrogen) atoms. The number of benzene rings is 2. The maximum absolute atomic E-state index is 12.4. The first-order chi connectivity index (χ1) is 12.5. The number of hydrogen-bond donors (Lipinski definition) is 1. The van der Waals surface area contributed by atoms with Crippen LogP contribution in [0.2, 0.25) is 0 Å². The van der Waals surface area contributed by atoms with Gasteiger partial charge in [0.25, 0.3) is 5.91 Å². The van der Waals surface area contributed by atoms with E-state index in [4.69, 9.17) is 4.42 Å². The number of furan rings is 1. The molecule has 1 atom stereocenters. The highest BCUT2D eigenvalue weighted by atomic mass is 16.3. The molecule has 3 heteroatoms. The molecule has 0 spiro atoms. The third-order valence-corrected chi connectivity index (χ3v) is 4.97. The molecule has 0 fully saturated rings. The minimum atomic E-state index is -0.239. The van der Waals surface area contributed by atoms with Crippen molar-refractivity contribution in [3.05, 3.63) is 77.0 Å². The van der Waals surface area contributed by atoms with Crippen LogP contribution in [-0.2, 0) is 0 Å². The average Bonchev–Trinajstić information content (AvgIpc) is 3.14. The predicted molar refractivity (Wildman–Crippen MR) is 107 cm³/mol. The molecule has 0 radical (unpaired) electrons. The summed E-state index contributed by atoms with van der Waals surface area (Å²) in [5, 5.41) is 2.89. The number of rotatable bonds is 5. The quantitative estimate of drug-likeness (QED) is 0.586. The molecule has 0 aliphatic rings. The molecule has 0 saturated carbocycles. The summed E-state index contributed by atoms with van der Waals surface area (Å²) in [4.78, 5) is 12.4. The van der Waals surface area contributed by atoms with Crippen molar-refractivity contribution in [1.82, 2.24) is 0 Å². The largest absolute Gasteiger partial charge is 0.451 e. The van der Waals surface area contributed by atoms with Crippen molar-refractivity contribution >= 4 is 11.6 Å². The number of carbonyl (C=O) groups excluding carboxylic acids is 1. The Morgan fingerprint density at radius 3 is 2.38 bits per heavy atom. The molecule has 1 aromatic heterocycles. The Kier molecular flexibility index (Phi) is 5.27. The van der Waals surface area contributed by atoms with Crippen molar-refractivity contribution in [1.29, 1.82) is 0 Å². The van der Waals surface area contributed by atoms with Crippen molar-refractivity contribution in [3.63, 3.8) is 0 Å². The van der Waals surface area contributed by atoms with E-state index in [2.05, 4.69) is 57.3 Å². The third-order valence-electron chi connectivity index (χ3n) is 4.97. The highest BCUT2D eigenvalue weighted by Crippen LogP contribution is 2.25. The Bertz CT molecular complexity index is 906. The summed E-state index contributed by atoms with van der Waals surface area (Å²) in [6.45, 7) is 8.51. The van der Waals surface area contributed by atoms with E-state index in [1.165, 1.54) is 16.7 Å². The van der Waals surface area contributed by atoms with Crippen LogP contribution in [-0.4, -0.2) is 5.91 Å². The molecule has 1 N–H and O–H groups in total. The minimum absolute atomic E-state index is 0.239. The molecular weight excluding hydrogens is 322 g/mol. The Morgan fingerprint density at radius 2 is 1.73 bits per heavy atom. The van der Waals surface area contributed by atoms with E-state index < -0.39 is 0 Å². The zero-order chi connectivity index (χ0) is 18.7. The summed E-state index contributed by atoms with van der Waals surface area (Å²) in [6, 6.07) is 17.7. The molecule has 134 valence electrons. The summed E-state index contributed by atoms with van der Waals surface area (Å²) < 4.78 is 5.77. The highest BCUT2D eigenvalue weighted by Gasteiger charge is 2.13. The molecule has 3 aromatic rings. The van der Waals surface area contributed by atoms with E-state index in [0.29, 0.717) is 17.4 Å². The van der Waals surface area contributed by atoms with Gasteiger partial charge in [0.1, 0.15) is 5.76 Å². The smallest absolute Gasteiger partial charge is 0.291 e. The van der Waals surface area contributed by atoms with Crippen LogP contribution in [0.15, 0.2) is 59.0 Å². The van der Waals surface area contributed by atoms with Crippen molar-refractivity contribution in [2.75, 3.05) is 5.32 Å². The summed E-state index contributed by atoms with van der Waals surface area (Å²) in [7, 11) is 0. The van der Waals surface area contributed by atoms with Crippen LogP contribution < -0.4 is 5.32 Å². The fraction of sp³-hybridized carbons (Fsp3) is 0.261. The number of nitrogens with one attached hydrogen (secondary N) is 1. The SMILES string of the molecule is CC[C@@H](C)c1ccc(NC(=O)c2ccc(-c3ccc(C)c(C)c3)o2)cc1. The number of amides is 1. The first-order valence-electron chi connectivity index (χ1n) is 9.06. The van der Waals surface area contributed by atoms with Gasteiger partial charge in [0.15, 0.2) is 5.76 Å². The van der Waals surface area contributed by atoms with Gasteiger partial charge >= 0.3 is 0 Å². The van der Waals surface area contributed by atoms with Crippen LogP contribution in [0.4, 0.5) is 5.69 Å². The third kappa shape index (κ3) is 3.88. The molecule has 3 nitrogen and oxygen atoms in total. The summed E-state index contributed by atoms with van der Waals surface area (Å²) in [5.74, 6) is 1.29. The maximum atomic E-state index is 12.4. The molecule has 3 rings (SSSR count). The van der Waals surface area contributed by atoms with Gasteiger partial charge in [0, 0.05) is 11.3 Å².